The highest BCUT2D eigenvalue weighted by molar-refractivity contribution is 5.60. The van der Waals surface area contributed by atoms with Crippen LogP contribution in [0.5, 0.6) is 11.5 Å². The Labute approximate surface area is 494 Å². The normalized spacial score (nSPS) is 35.4. The predicted octanol–water partition coefficient (Wildman–Crippen LogP) is 20.0. The van der Waals surface area contributed by atoms with Crippen molar-refractivity contribution in [1.29, 1.82) is 0 Å². The van der Waals surface area contributed by atoms with Crippen LogP contribution in [0.2, 0.25) is 0 Å². The number of carbonyl (C=O) groups is 2. The van der Waals surface area contributed by atoms with Crippen LogP contribution in [0, 0.1) is 92.7 Å². The molecule has 8 aliphatic rings. The Morgan fingerprint density at radius 3 is 1.28 bits per heavy atom. The first-order chi connectivity index (χ1) is 39.4. The molecule has 10 nitrogen and oxygen atoms in total. The van der Waals surface area contributed by atoms with Gasteiger partial charge < -0.3 is 28.4 Å². The van der Waals surface area contributed by atoms with Gasteiger partial charge in [-0.05, 0) is 231 Å². The van der Waals surface area contributed by atoms with E-state index >= 15 is 0 Å². The standard InChI is InChI=1S/C72H106N2O8/c1-47(2)13-11-15-49(5)61-29-31-63-59-27-17-51-45-57(33-37-69(51,7)65(59)35-39-71(61,63)9)81-67(75)79-43-41-77-55-23-19-53(20-24-55)73-74-54-21-25-56(26-22-54)78-42-44-80-68(76)82-58-34-38-70(8)52(46-58)18-28-60-64-32-30-62(50(6)16-12-14-48(3)4)72(64,10)40-36-66(60)70/h17-26,47-50,57-66H,11-16,27-46H2,1-10H3/t49-,50-,57-,58-,59+,60+,61-,62-,63+,64+,65+,66+,69+,70+,71-,72-/m1/s1. The zero-order valence-electron chi connectivity index (χ0n) is 52.4. The molecule has 82 heavy (non-hydrogen) atoms. The first-order valence-corrected chi connectivity index (χ1v) is 33.3. The van der Waals surface area contributed by atoms with Gasteiger partial charge in [-0.15, -0.1) is 0 Å². The van der Waals surface area contributed by atoms with Crippen molar-refractivity contribution in [2.24, 2.45) is 103 Å². The molecule has 6 fully saturated rings. The lowest BCUT2D eigenvalue weighted by atomic mass is 9.47. The lowest BCUT2D eigenvalue weighted by Crippen LogP contribution is -2.51. The van der Waals surface area contributed by atoms with Crippen molar-refractivity contribution in [2.75, 3.05) is 26.4 Å². The molecule has 0 spiro atoms. The Balaban J connectivity index is 0.588. The Morgan fingerprint density at radius 2 is 0.890 bits per heavy atom. The van der Waals surface area contributed by atoms with E-state index in [9.17, 15) is 9.59 Å². The molecular formula is C72H106N2O8. The monoisotopic (exact) mass is 1130 g/mol. The fraction of sp³-hybridized carbons (Fsp3) is 0.750. The Morgan fingerprint density at radius 1 is 0.488 bits per heavy atom. The number of hydrogen-bond donors (Lipinski definition) is 0. The molecule has 0 heterocycles. The van der Waals surface area contributed by atoms with E-state index in [0.29, 0.717) is 33.7 Å². The van der Waals surface area contributed by atoms with Gasteiger partial charge in [-0.3, -0.25) is 0 Å². The Kier molecular flexibility index (Phi) is 19.3. The molecule has 8 aliphatic carbocycles. The molecule has 10 rings (SSSR count). The largest absolute Gasteiger partial charge is 0.508 e. The third kappa shape index (κ3) is 13.2. The summed E-state index contributed by atoms with van der Waals surface area (Å²) in [6.45, 7) is 25.6. The van der Waals surface area contributed by atoms with Gasteiger partial charge in [0.1, 0.15) is 50.1 Å². The van der Waals surface area contributed by atoms with Crippen molar-refractivity contribution >= 4 is 23.7 Å². The molecule has 452 valence electrons. The van der Waals surface area contributed by atoms with E-state index in [4.69, 9.17) is 28.4 Å². The van der Waals surface area contributed by atoms with Gasteiger partial charge in [-0.2, -0.15) is 10.2 Å². The van der Waals surface area contributed by atoms with E-state index < -0.39 is 12.3 Å². The van der Waals surface area contributed by atoms with Gasteiger partial charge in [-0.1, -0.05) is 131 Å². The van der Waals surface area contributed by atoms with E-state index in [-0.39, 0.29) is 49.5 Å². The van der Waals surface area contributed by atoms with E-state index in [0.717, 1.165) is 110 Å². The molecule has 0 saturated heterocycles. The predicted molar refractivity (Wildman–Crippen MR) is 327 cm³/mol. The third-order valence-corrected chi connectivity index (χ3v) is 24.1. The van der Waals surface area contributed by atoms with Crippen LogP contribution in [0.15, 0.2) is 82.1 Å². The molecular weight excluding hydrogens is 1020 g/mol. The van der Waals surface area contributed by atoms with Crippen LogP contribution in [0.1, 0.15) is 210 Å². The minimum Gasteiger partial charge on any atom is -0.490 e. The Hall–Kier alpha value is -4.34. The molecule has 16 atom stereocenters. The Bertz CT molecular complexity index is 2380. The molecule has 2 aromatic carbocycles. The summed E-state index contributed by atoms with van der Waals surface area (Å²) in [6.07, 6.45) is 30.9. The maximum Gasteiger partial charge on any atom is 0.508 e. The van der Waals surface area contributed by atoms with Gasteiger partial charge in [-0.25, -0.2) is 9.59 Å². The molecule has 10 heteroatoms. The van der Waals surface area contributed by atoms with Crippen molar-refractivity contribution in [1.82, 2.24) is 0 Å². The first kappa shape index (κ1) is 60.8. The summed E-state index contributed by atoms with van der Waals surface area (Å²) < 4.78 is 34.6. The molecule has 0 aliphatic heterocycles. The molecule has 0 N–H and O–H groups in total. The molecule has 0 unspecified atom stereocenters. The summed E-state index contributed by atoms with van der Waals surface area (Å²) in [6, 6.07) is 14.6. The number of azo groups is 1. The number of benzene rings is 2. The average Bonchev–Trinajstić information content (AvgIpc) is 2.36. The topological polar surface area (TPSA) is 114 Å². The van der Waals surface area contributed by atoms with Crippen LogP contribution < -0.4 is 9.47 Å². The number of carbonyl (C=O) groups excluding carboxylic acids is 2. The molecule has 0 amide bonds. The smallest absolute Gasteiger partial charge is 0.490 e. The van der Waals surface area contributed by atoms with Crippen LogP contribution in [0.3, 0.4) is 0 Å². The molecule has 0 aromatic heterocycles. The fourth-order valence-corrected chi connectivity index (χ4v) is 19.7. The minimum absolute atomic E-state index is 0.103. The molecule has 0 radical (unpaired) electrons. The maximum atomic E-state index is 12.9. The maximum absolute atomic E-state index is 12.9. The number of hydrogen-bond acceptors (Lipinski definition) is 10. The summed E-state index contributed by atoms with van der Waals surface area (Å²) >= 11 is 0. The van der Waals surface area contributed by atoms with Gasteiger partial charge in [0.2, 0.25) is 0 Å². The quantitative estimate of drug-likeness (QED) is 0.0496. The molecule has 6 saturated carbocycles. The number of fused-ring (bicyclic) bond motifs is 10. The molecule has 2 aromatic rings. The van der Waals surface area contributed by atoms with Crippen molar-refractivity contribution in [3.63, 3.8) is 0 Å². The van der Waals surface area contributed by atoms with E-state index in [1.807, 2.05) is 48.5 Å². The van der Waals surface area contributed by atoms with Crippen LogP contribution in [-0.2, 0) is 18.9 Å². The van der Waals surface area contributed by atoms with Gasteiger partial charge in [0, 0.05) is 12.8 Å². The summed E-state index contributed by atoms with van der Waals surface area (Å²) in [4.78, 5) is 25.8. The van der Waals surface area contributed by atoms with Crippen LogP contribution in [-0.4, -0.2) is 50.9 Å². The summed E-state index contributed by atoms with van der Waals surface area (Å²) in [7, 11) is 0. The number of rotatable bonds is 22. The number of nitrogens with zero attached hydrogens (tertiary/aromatic N) is 2. The third-order valence-electron chi connectivity index (χ3n) is 24.1. The summed E-state index contributed by atoms with van der Waals surface area (Å²) in [5.74, 6) is 11.0. The zero-order chi connectivity index (χ0) is 57.8. The highest BCUT2D eigenvalue weighted by Gasteiger charge is 2.61. The number of ether oxygens (including phenoxy) is 6. The summed E-state index contributed by atoms with van der Waals surface area (Å²) in [5.41, 5.74) is 5.77. The van der Waals surface area contributed by atoms with Crippen molar-refractivity contribution in [3.05, 3.63) is 71.8 Å². The minimum atomic E-state index is -0.613. The lowest BCUT2D eigenvalue weighted by molar-refractivity contribution is -0.0620. The van der Waals surface area contributed by atoms with Crippen molar-refractivity contribution < 1.29 is 38.0 Å². The number of allylic oxidation sites excluding steroid dienone is 2. The second-order valence-electron chi connectivity index (χ2n) is 29.6. The highest BCUT2D eigenvalue weighted by Crippen LogP contribution is 2.69. The second kappa shape index (κ2) is 26.1. The van der Waals surface area contributed by atoms with Crippen LogP contribution in [0.4, 0.5) is 21.0 Å². The van der Waals surface area contributed by atoms with Gasteiger partial charge in [0.25, 0.3) is 0 Å². The lowest BCUT2D eigenvalue weighted by Gasteiger charge is -2.58. The SMILES string of the molecule is CC(C)CCC[C@@H](C)[C@H]1CC[C@H]2[C@@H]3CC=C4C[C@H](OC(=O)OCCOc5ccc(N=Nc6ccc(OCCOC(=O)O[C@@H]7CC[C@@]8(C)C(=CC[C@H]9[C@@H]%10CC[C@H]([C@H](C)CCCC(C)C)[C@@]%10(C)CC[C@@H]98)C7)cc6)cc5)CC[C@]4(C)[C@H]3CC[C@]12C. The van der Waals surface area contributed by atoms with Gasteiger partial charge in [0.05, 0.1) is 11.4 Å². The second-order valence-corrected chi connectivity index (χ2v) is 29.6. The molecule has 0 bridgehead atoms. The van der Waals surface area contributed by atoms with Crippen molar-refractivity contribution in [3.8, 4) is 11.5 Å². The van der Waals surface area contributed by atoms with Crippen molar-refractivity contribution in [2.45, 2.75) is 223 Å². The van der Waals surface area contributed by atoms with E-state index in [1.165, 1.54) is 114 Å². The highest BCUT2D eigenvalue weighted by atomic mass is 16.7. The van der Waals surface area contributed by atoms with Crippen LogP contribution in [0.25, 0.3) is 0 Å². The van der Waals surface area contributed by atoms with E-state index in [1.54, 1.807) is 0 Å². The van der Waals surface area contributed by atoms with E-state index in [2.05, 4.69) is 91.6 Å². The van der Waals surface area contributed by atoms with Gasteiger partial charge >= 0.3 is 12.3 Å². The first-order valence-electron chi connectivity index (χ1n) is 33.3. The zero-order valence-corrected chi connectivity index (χ0v) is 52.4. The van der Waals surface area contributed by atoms with Crippen LogP contribution >= 0.6 is 0 Å². The average molecular weight is 1130 g/mol. The van der Waals surface area contributed by atoms with Gasteiger partial charge in [0.15, 0.2) is 0 Å². The fourth-order valence-electron chi connectivity index (χ4n) is 19.7. The summed E-state index contributed by atoms with van der Waals surface area (Å²) in [5, 5.41) is 8.78.